The molecule has 1 aliphatic heterocycles. The van der Waals surface area contributed by atoms with Gasteiger partial charge < -0.3 is 15.0 Å². The van der Waals surface area contributed by atoms with Crippen LogP contribution in [-0.4, -0.2) is 47.3 Å². The molecular formula is C22H28N4O. The predicted octanol–water partition coefficient (Wildman–Crippen LogP) is 3.16. The molecule has 0 bridgehead atoms. The number of anilines is 1. The molecule has 0 amide bonds. The summed E-state index contributed by atoms with van der Waals surface area (Å²) in [5, 5.41) is 0. The molecule has 3 aromatic rings. The number of benzene rings is 2. The number of imidazole rings is 1. The van der Waals surface area contributed by atoms with E-state index < -0.39 is 0 Å². The quantitative estimate of drug-likeness (QED) is 0.707. The number of rotatable bonds is 5. The van der Waals surface area contributed by atoms with Crippen molar-refractivity contribution >= 4 is 16.7 Å². The molecule has 27 heavy (non-hydrogen) atoms. The summed E-state index contributed by atoms with van der Waals surface area (Å²) in [4.78, 5) is 7.46. The number of ether oxygens (including phenoxy) is 1. The van der Waals surface area contributed by atoms with E-state index >= 15 is 0 Å². The molecule has 4 rings (SSSR count). The third kappa shape index (κ3) is 3.99. The van der Waals surface area contributed by atoms with E-state index in [2.05, 4.69) is 47.6 Å². The highest BCUT2D eigenvalue weighted by Gasteiger charge is 2.15. The first-order chi connectivity index (χ1) is 13.1. The molecule has 142 valence electrons. The van der Waals surface area contributed by atoms with Crippen molar-refractivity contribution in [3.63, 3.8) is 0 Å². The predicted molar refractivity (Wildman–Crippen MR) is 110 cm³/mol. The van der Waals surface area contributed by atoms with Crippen molar-refractivity contribution in [2.45, 2.75) is 26.8 Å². The standard InChI is InChI=1S/C22H28N4O/c1-16-13-20-21(14-17(16)2)26(8-7-25-9-11-27-12-10-25)22(24-20)15-18-3-5-19(23)6-4-18/h3-6,13-14H,7-12,15,23H2,1-2H3. The number of nitrogens with two attached hydrogens (primary N) is 1. The highest BCUT2D eigenvalue weighted by Crippen LogP contribution is 2.23. The molecule has 2 aromatic carbocycles. The van der Waals surface area contributed by atoms with Crippen LogP contribution in [0, 0.1) is 13.8 Å². The first-order valence-corrected chi connectivity index (χ1v) is 9.71. The highest BCUT2D eigenvalue weighted by molar-refractivity contribution is 5.78. The summed E-state index contributed by atoms with van der Waals surface area (Å²) in [6, 6.07) is 12.6. The van der Waals surface area contributed by atoms with E-state index in [0.29, 0.717) is 0 Å². The first-order valence-electron chi connectivity index (χ1n) is 9.71. The number of hydrogen-bond donors (Lipinski definition) is 1. The molecule has 5 nitrogen and oxygen atoms in total. The molecule has 2 N–H and O–H groups in total. The second-order valence-electron chi connectivity index (χ2n) is 7.48. The van der Waals surface area contributed by atoms with E-state index in [1.165, 1.54) is 22.2 Å². The second kappa shape index (κ2) is 7.71. The number of nitrogen functional groups attached to an aromatic ring is 1. The molecule has 0 unspecified atom stereocenters. The molecule has 5 heteroatoms. The highest BCUT2D eigenvalue weighted by atomic mass is 16.5. The van der Waals surface area contributed by atoms with E-state index in [-0.39, 0.29) is 0 Å². The summed E-state index contributed by atoms with van der Waals surface area (Å²) < 4.78 is 7.87. The van der Waals surface area contributed by atoms with Crippen molar-refractivity contribution in [1.29, 1.82) is 0 Å². The maximum Gasteiger partial charge on any atom is 0.114 e. The first kappa shape index (κ1) is 18.0. The normalized spacial score (nSPS) is 15.5. The monoisotopic (exact) mass is 364 g/mol. The van der Waals surface area contributed by atoms with Gasteiger partial charge in [-0.2, -0.15) is 0 Å². The summed E-state index contributed by atoms with van der Waals surface area (Å²) >= 11 is 0. The van der Waals surface area contributed by atoms with Crippen LogP contribution < -0.4 is 5.73 Å². The van der Waals surface area contributed by atoms with Crippen molar-refractivity contribution in [2.75, 3.05) is 38.6 Å². The minimum Gasteiger partial charge on any atom is -0.399 e. The van der Waals surface area contributed by atoms with Crippen molar-refractivity contribution in [1.82, 2.24) is 14.5 Å². The van der Waals surface area contributed by atoms with Crippen LogP contribution in [0.3, 0.4) is 0 Å². The van der Waals surface area contributed by atoms with Crippen molar-refractivity contribution < 1.29 is 4.74 Å². The van der Waals surface area contributed by atoms with Gasteiger partial charge >= 0.3 is 0 Å². The number of hydrogen-bond acceptors (Lipinski definition) is 4. The van der Waals surface area contributed by atoms with Gasteiger partial charge in [0.2, 0.25) is 0 Å². The lowest BCUT2D eigenvalue weighted by molar-refractivity contribution is 0.0364. The Bertz CT molecular complexity index is 924. The fourth-order valence-electron chi connectivity index (χ4n) is 3.70. The Morgan fingerprint density at radius 2 is 1.70 bits per heavy atom. The molecule has 0 spiro atoms. The van der Waals surface area contributed by atoms with Gasteiger partial charge in [-0.25, -0.2) is 4.98 Å². The molecule has 1 aliphatic rings. The van der Waals surface area contributed by atoms with Crippen LogP contribution in [0.1, 0.15) is 22.5 Å². The van der Waals surface area contributed by atoms with E-state index in [9.17, 15) is 0 Å². The van der Waals surface area contributed by atoms with Gasteiger partial charge in [0, 0.05) is 38.3 Å². The Balaban J connectivity index is 1.66. The summed E-state index contributed by atoms with van der Waals surface area (Å²) in [6.07, 6.45) is 0.816. The zero-order valence-corrected chi connectivity index (χ0v) is 16.2. The Morgan fingerprint density at radius 1 is 1.00 bits per heavy atom. The molecule has 1 fully saturated rings. The lowest BCUT2D eigenvalue weighted by Gasteiger charge is -2.27. The summed E-state index contributed by atoms with van der Waals surface area (Å²) in [5.74, 6) is 1.12. The molecular weight excluding hydrogens is 336 g/mol. The van der Waals surface area contributed by atoms with Crippen LogP contribution >= 0.6 is 0 Å². The van der Waals surface area contributed by atoms with Gasteiger partial charge in [-0.1, -0.05) is 12.1 Å². The largest absolute Gasteiger partial charge is 0.399 e. The van der Waals surface area contributed by atoms with Crippen molar-refractivity contribution in [3.8, 4) is 0 Å². The van der Waals surface area contributed by atoms with E-state index in [1.807, 2.05) is 12.1 Å². The van der Waals surface area contributed by atoms with Crippen LogP contribution in [0.15, 0.2) is 36.4 Å². The average Bonchev–Trinajstić information content (AvgIpc) is 2.99. The maximum atomic E-state index is 5.84. The lowest BCUT2D eigenvalue weighted by atomic mass is 10.1. The van der Waals surface area contributed by atoms with Crippen LogP contribution in [0.2, 0.25) is 0 Å². The average molecular weight is 364 g/mol. The molecule has 2 heterocycles. The summed E-state index contributed by atoms with van der Waals surface area (Å²) in [5.41, 5.74) is 12.8. The number of nitrogens with zero attached hydrogens (tertiary/aromatic N) is 3. The van der Waals surface area contributed by atoms with Gasteiger partial charge in [-0.3, -0.25) is 4.90 Å². The number of aromatic nitrogens is 2. The maximum absolute atomic E-state index is 5.84. The van der Waals surface area contributed by atoms with Crippen molar-refractivity contribution in [2.24, 2.45) is 0 Å². The number of morpholine rings is 1. The van der Waals surface area contributed by atoms with Gasteiger partial charge in [0.1, 0.15) is 5.82 Å². The van der Waals surface area contributed by atoms with E-state index in [0.717, 1.165) is 62.8 Å². The lowest BCUT2D eigenvalue weighted by Crippen LogP contribution is -2.38. The summed E-state index contributed by atoms with van der Waals surface area (Å²) in [7, 11) is 0. The topological polar surface area (TPSA) is 56.3 Å². The minimum atomic E-state index is 0.797. The Morgan fingerprint density at radius 3 is 2.44 bits per heavy atom. The van der Waals surface area contributed by atoms with Crippen LogP contribution in [0.5, 0.6) is 0 Å². The van der Waals surface area contributed by atoms with Crippen LogP contribution in [0.25, 0.3) is 11.0 Å². The second-order valence-corrected chi connectivity index (χ2v) is 7.48. The molecule has 0 radical (unpaired) electrons. The van der Waals surface area contributed by atoms with Gasteiger partial charge in [0.15, 0.2) is 0 Å². The fraction of sp³-hybridized carbons (Fsp3) is 0.409. The third-order valence-corrected chi connectivity index (χ3v) is 5.53. The van der Waals surface area contributed by atoms with Gasteiger partial charge in [0.05, 0.1) is 24.2 Å². The Labute approximate surface area is 160 Å². The molecule has 0 atom stereocenters. The van der Waals surface area contributed by atoms with Gasteiger partial charge in [-0.05, 0) is 54.8 Å². The van der Waals surface area contributed by atoms with E-state index in [1.54, 1.807) is 0 Å². The Kier molecular flexibility index (Phi) is 5.14. The van der Waals surface area contributed by atoms with Crippen molar-refractivity contribution in [3.05, 3.63) is 58.9 Å². The zero-order chi connectivity index (χ0) is 18.8. The number of fused-ring (bicyclic) bond motifs is 1. The van der Waals surface area contributed by atoms with E-state index in [4.69, 9.17) is 15.5 Å². The van der Waals surface area contributed by atoms with Gasteiger partial charge in [-0.15, -0.1) is 0 Å². The molecule has 1 aromatic heterocycles. The molecule has 0 saturated carbocycles. The SMILES string of the molecule is Cc1cc2nc(Cc3ccc(N)cc3)n(CCN3CCOCC3)c2cc1C. The Hall–Kier alpha value is -2.37. The molecule has 1 saturated heterocycles. The van der Waals surface area contributed by atoms with Gasteiger partial charge in [0.25, 0.3) is 0 Å². The molecule has 0 aliphatic carbocycles. The fourth-order valence-corrected chi connectivity index (χ4v) is 3.70. The number of aryl methyl sites for hydroxylation is 2. The van der Waals surface area contributed by atoms with Crippen LogP contribution in [-0.2, 0) is 17.7 Å². The zero-order valence-electron chi connectivity index (χ0n) is 16.2. The summed E-state index contributed by atoms with van der Waals surface area (Å²) in [6.45, 7) is 9.99. The minimum absolute atomic E-state index is 0.797. The van der Waals surface area contributed by atoms with Crippen LogP contribution in [0.4, 0.5) is 5.69 Å². The smallest absolute Gasteiger partial charge is 0.114 e. The third-order valence-electron chi connectivity index (χ3n) is 5.53.